The van der Waals surface area contributed by atoms with Crippen LogP contribution in [0.2, 0.25) is 0 Å². The van der Waals surface area contributed by atoms with E-state index in [0.29, 0.717) is 6.61 Å². The quantitative estimate of drug-likeness (QED) is 0.769. The molecule has 0 unspecified atom stereocenters. The summed E-state index contributed by atoms with van der Waals surface area (Å²) in [4.78, 5) is 0. The first-order chi connectivity index (χ1) is 8.83. The molecule has 3 nitrogen and oxygen atoms in total. The van der Waals surface area contributed by atoms with Crippen LogP contribution in [-0.4, -0.2) is 11.7 Å². The molecule has 0 fully saturated rings. The smallest absolute Gasteiger partial charge is 0.138 e. The monoisotopic (exact) mass is 240 g/mol. The van der Waals surface area contributed by atoms with Gasteiger partial charge in [0.25, 0.3) is 0 Å². The fraction of sp³-hybridized carbons (Fsp3) is 0.200. The van der Waals surface area contributed by atoms with Crippen LogP contribution in [-0.2, 0) is 0 Å². The molecule has 0 aromatic heterocycles. The molecule has 0 amide bonds. The van der Waals surface area contributed by atoms with Gasteiger partial charge in [-0.1, -0.05) is 18.2 Å². The van der Waals surface area contributed by atoms with Gasteiger partial charge in [0, 0.05) is 17.2 Å². The molecule has 90 valence electrons. The molecule has 0 radical (unpaired) electrons. The zero-order valence-electron chi connectivity index (χ0n) is 9.67. The third-order valence-corrected chi connectivity index (χ3v) is 3.66. The van der Waals surface area contributed by atoms with E-state index in [4.69, 9.17) is 9.47 Å². The molecule has 2 aromatic carbocycles. The molecular formula is C15H12O3. The fourth-order valence-corrected chi connectivity index (χ4v) is 2.80. The van der Waals surface area contributed by atoms with Gasteiger partial charge in [-0.3, -0.25) is 0 Å². The maximum atomic E-state index is 9.48. The lowest BCUT2D eigenvalue weighted by molar-refractivity contribution is 0.139. The van der Waals surface area contributed by atoms with Crippen molar-refractivity contribution in [1.82, 2.24) is 0 Å². The minimum absolute atomic E-state index is 0.00625. The van der Waals surface area contributed by atoms with E-state index in [9.17, 15) is 5.11 Å². The van der Waals surface area contributed by atoms with Crippen LogP contribution in [0.4, 0.5) is 0 Å². The first-order valence-electron chi connectivity index (χ1n) is 6.04. The molecule has 2 aliphatic rings. The van der Waals surface area contributed by atoms with Gasteiger partial charge in [0.2, 0.25) is 0 Å². The number of fused-ring (bicyclic) bond motifs is 5. The summed E-state index contributed by atoms with van der Waals surface area (Å²) in [5.41, 5.74) is 2.22. The molecular weight excluding hydrogens is 228 g/mol. The van der Waals surface area contributed by atoms with Gasteiger partial charge in [-0.25, -0.2) is 0 Å². The van der Waals surface area contributed by atoms with Crippen LogP contribution in [0.25, 0.3) is 0 Å². The number of aromatic hydroxyl groups is 1. The van der Waals surface area contributed by atoms with E-state index in [1.165, 1.54) is 5.56 Å². The summed E-state index contributed by atoms with van der Waals surface area (Å²) < 4.78 is 11.8. The summed E-state index contributed by atoms with van der Waals surface area (Å²) >= 11 is 0. The molecule has 4 rings (SSSR count). The maximum Gasteiger partial charge on any atom is 0.138 e. The normalized spacial score (nSPS) is 23.3. The number of para-hydroxylation sites is 1. The molecule has 0 spiro atoms. The molecule has 2 atom stereocenters. The van der Waals surface area contributed by atoms with Crippen molar-refractivity contribution >= 4 is 0 Å². The van der Waals surface area contributed by atoms with E-state index in [1.807, 2.05) is 24.3 Å². The van der Waals surface area contributed by atoms with Crippen LogP contribution in [0, 0.1) is 0 Å². The molecule has 2 aliphatic heterocycles. The molecule has 2 aromatic rings. The number of hydrogen-bond acceptors (Lipinski definition) is 3. The standard InChI is InChI=1S/C15H12O3/c16-9-5-6-11-14(7-9)17-8-12-10-3-1-2-4-13(10)18-15(11)12/h1-7,12,15-16H,8H2/t12-,15+/m1/s1. The van der Waals surface area contributed by atoms with Crippen LogP contribution < -0.4 is 9.47 Å². The summed E-state index contributed by atoms with van der Waals surface area (Å²) in [6.07, 6.45) is 0.00625. The molecule has 2 heterocycles. The predicted molar refractivity (Wildman–Crippen MR) is 66.2 cm³/mol. The van der Waals surface area contributed by atoms with Crippen LogP contribution in [0.1, 0.15) is 23.1 Å². The van der Waals surface area contributed by atoms with E-state index in [-0.39, 0.29) is 17.8 Å². The first kappa shape index (κ1) is 9.83. The van der Waals surface area contributed by atoms with Crippen molar-refractivity contribution in [3.8, 4) is 17.2 Å². The SMILES string of the molecule is Oc1ccc2c(c1)OC[C@@H]1c3ccccc3O[C@@H]21. The van der Waals surface area contributed by atoms with Gasteiger partial charge >= 0.3 is 0 Å². The second-order valence-electron chi connectivity index (χ2n) is 4.72. The number of phenolic OH excluding ortho intramolecular Hbond substituents is 1. The molecule has 3 heteroatoms. The van der Waals surface area contributed by atoms with Gasteiger partial charge in [0.15, 0.2) is 0 Å². The lowest BCUT2D eigenvalue weighted by Crippen LogP contribution is -2.22. The highest BCUT2D eigenvalue weighted by atomic mass is 16.5. The van der Waals surface area contributed by atoms with Crippen molar-refractivity contribution in [3.63, 3.8) is 0 Å². The number of benzene rings is 2. The zero-order valence-corrected chi connectivity index (χ0v) is 9.67. The van der Waals surface area contributed by atoms with Crippen molar-refractivity contribution in [2.24, 2.45) is 0 Å². The Hall–Kier alpha value is -2.16. The number of hydrogen-bond donors (Lipinski definition) is 1. The minimum Gasteiger partial charge on any atom is -0.508 e. The maximum absolute atomic E-state index is 9.48. The van der Waals surface area contributed by atoms with Crippen molar-refractivity contribution in [3.05, 3.63) is 53.6 Å². The lowest BCUT2D eigenvalue weighted by atomic mass is 9.89. The van der Waals surface area contributed by atoms with Gasteiger partial charge in [-0.05, 0) is 18.2 Å². The highest BCUT2D eigenvalue weighted by Crippen LogP contribution is 2.51. The molecule has 0 saturated carbocycles. The molecule has 1 N–H and O–H groups in total. The van der Waals surface area contributed by atoms with Crippen molar-refractivity contribution in [2.75, 3.05) is 6.61 Å². The topological polar surface area (TPSA) is 38.7 Å². The fourth-order valence-electron chi connectivity index (χ4n) is 2.80. The molecule has 0 bridgehead atoms. The highest BCUT2D eigenvalue weighted by Gasteiger charge is 2.40. The van der Waals surface area contributed by atoms with E-state index < -0.39 is 0 Å². The highest BCUT2D eigenvalue weighted by molar-refractivity contribution is 5.50. The van der Waals surface area contributed by atoms with Gasteiger partial charge in [0.05, 0.1) is 12.5 Å². The minimum atomic E-state index is 0.00625. The number of phenols is 1. The predicted octanol–water partition coefficient (Wildman–Crippen LogP) is 3.00. The lowest BCUT2D eigenvalue weighted by Gasteiger charge is -2.27. The van der Waals surface area contributed by atoms with Gasteiger partial charge in [-0.15, -0.1) is 0 Å². The third kappa shape index (κ3) is 1.24. The largest absolute Gasteiger partial charge is 0.508 e. The van der Waals surface area contributed by atoms with E-state index in [2.05, 4.69) is 6.07 Å². The second kappa shape index (κ2) is 3.42. The Bertz CT molecular complexity index is 621. The average molecular weight is 240 g/mol. The summed E-state index contributed by atoms with van der Waals surface area (Å²) in [5.74, 6) is 2.14. The van der Waals surface area contributed by atoms with Gasteiger partial charge in [0.1, 0.15) is 23.4 Å². The molecule has 0 aliphatic carbocycles. The summed E-state index contributed by atoms with van der Waals surface area (Å²) in [6.45, 7) is 0.595. The number of rotatable bonds is 0. The van der Waals surface area contributed by atoms with Crippen molar-refractivity contribution in [2.45, 2.75) is 12.0 Å². The van der Waals surface area contributed by atoms with Crippen LogP contribution in [0.5, 0.6) is 17.2 Å². The Balaban J connectivity index is 1.83. The van der Waals surface area contributed by atoms with Crippen LogP contribution in [0.15, 0.2) is 42.5 Å². The van der Waals surface area contributed by atoms with Crippen molar-refractivity contribution in [1.29, 1.82) is 0 Å². The number of ether oxygens (including phenoxy) is 2. The average Bonchev–Trinajstić information content (AvgIpc) is 2.77. The van der Waals surface area contributed by atoms with Crippen LogP contribution in [0.3, 0.4) is 0 Å². The van der Waals surface area contributed by atoms with E-state index in [0.717, 1.165) is 17.1 Å². The summed E-state index contributed by atoms with van der Waals surface area (Å²) in [5, 5.41) is 9.48. The second-order valence-corrected chi connectivity index (χ2v) is 4.72. The van der Waals surface area contributed by atoms with Gasteiger partial charge < -0.3 is 14.6 Å². The molecule has 0 saturated heterocycles. The van der Waals surface area contributed by atoms with Crippen LogP contribution >= 0.6 is 0 Å². The Morgan fingerprint density at radius 3 is 2.83 bits per heavy atom. The zero-order chi connectivity index (χ0) is 12.1. The van der Waals surface area contributed by atoms with E-state index >= 15 is 0 Å². The Morgan fingerprint density at radius 2 is 1.89 bits per heavy atom. The van der Waals surface area contributed by atoms with E-state index in [1.54, 1.807) is 12.1 Å². The Morgan fingerprint density at radius 1 is 1.00 bits per heavy atom. The van der Waals surface area contributed by atoms with Crippen molar-refractivity contribution < 1.29 is 14.6 Å². The molecule has 18 heavy (non-hydrogen) atoms. The first-order valence-corrected chi connectivity index (χ1v) is 6.04. The Kier molecular flexibility index (Phi) is 1.87. The summed E-state index contributed by atoms with van der Waals surface area (Å²) in [6, 6.07) is 13.3. The third-order valence-electron chi connectivity index (χ3n) is 3.66. The van der Waals surface area contributed by atoms with Gasteiger partial charge in [-0.2, -0.15) is 0 Å². The Labute approximate surface area is 105 Å². The summed E-state index contributed by atoms with van der Waals surface area (Å²) in [7, 11) is 0.